The molecule has 2 N–H and O–H groups in total. The summed E-state index contributed by atoms with van der Waals surface area (Å²) in [5, 5.41) is 7.62. The lowest BCUT2D eigenvalue weighted by atomic mass is 9.97. The smallest absolute Gasteiger partial charge is 0.265 e. The predicted molar refractivity (Wildman–Crippen MR) is 117 cm³/mol. The predicted octanol–water partition coefficient (Wildman–Crippen LogP) is 2.57. The van der Waals surface area contributed by atoms with Gasteiger partial charge in [0.1, 0.15) is 5.75 Å². The highest BCUT2D eigenvalue weighted by atomic mass is 32.2. The van der Waals surface area contributed by atoms with Crippen molar-refractivity contribution in [3.05, 3.63) is 40.6 Å². The molecule has 166 valence electrons. The number of rotatable bonds is 6. The summed E-state index contributed by atoms with van der Waals surface area (Å²) >= 11 is 1.59. The van der Waals surface area contributed by atoms with E-state index in [0.29, 0.717) is 37.2 Å². The Balaban J connectivity index is 1.38. The van der Waals surface area contributed by atoms with Crippen molar-refractivity contribution in [2.24, 2.45) is 5.92 Å². The monoisotopic (exact) mass is 463 g/mol. The van der Waals surface area contributed by atoms with E-state index in [1.54, 1.807) is 17.4 Å². The van der Waals surface area contributed by atoms with E-state index in [1.165, 1.54) is 16.4 Å². The topological polar surface area (TPSA) is 105 Å². The van der Waals surface area contributed by atoms with Gasteiger partial charge in [0.2, 0.25) is 15.9 Å². The largest absolute Gasteiger partial charge is 0.478 e. The van der Waals surface area contributed by atoms with Gasteiger partial charge in [-0.1, -0.05) is 13.0 Å². The van der Waals surface area contributed by atoms with Crippen LogP contribution >= 0.6 is 11.3 Å². The molecule has 0 unspecified atom stereocenters. The van der Waals surface area contributed by atoms with Gasteiger partial charge in [-0.3, -0.25) is 9.59 Å². The summed E-state index contributed by atoms with van der Waals surface area (Å²) in [5.41, 5.74) is 0.360. The molecule has 1 aromatic carbocycles. The molecule has 1 fully saturated rings. The summed E-state index contributed by atoms with van der Waals surface area (Å²) in [6.45, 7) is 2.89. The lowest BCUT2D eigenvalue weighted by Crippen LogP contribution is -2.43. The molecular weight excluding hydrogens is 438 g/mol. The van der Waals surface area contributed by atoms with Crippen LogP contribution in [-0.4, -0.2) is 43.7 Å². The van der Waals surface area contributed by atoms with Crippen LogP contribution in [0.2, 0.25) is 0 Å². The van der Waals surface area contributed by atoms with E-state index in [1.807, 2.05) is 24.4 Å². The quantitative estimate of drug-likeness (QED) is 0.685. The molecule has 0 spiro atoms. The number of piperidine rings is 1. The second-order valence-electron chi connectivity index (χ2n) is 7.64. The molecule has 31 heavy (non-hydrogen) atoms. The highest BCUT2D eigenvalue weighted by Gasteiger charge is 2.33. The van der Waals surface area contributed by atoms with E-state index in [0.717, 1.165) is 4.88 Å². The molecule has 10 heteroatoms. The third-order valence-corrected chi connectivity index (χ3v) is 8.39. The number of nitrogens with one attached hydrogen (secondary N) is 2. The minimum Gasteiger partial charge on any atom is -0.478 e. The van der Waals surface area contributed by atoms with Crippen LogP contribution in [0, 0.1) is 5.92 Å². The van der Waals surface area contributed by atoms with Gasteiger partial charge >= 0.3 is 0 Å². The Labute approximate surface area is 185 Å². The van der Waals surface area contributed by atoms with E-state index in [4.69, 9.17) is 4.74 Å². The minimum atomic E-state index is -3.73. The Kier molecular flexibility index (Phi) is 6.31. The molecule has 0 saturated carbocycles. The average molecular weight is 464 g/mol. The van der Waals surface area contributed by atoms with Crippen molar-refractivity contribution < 1.29 is 22.7 Å². The van der Waals surface area contributed by atoms with Gasteiger partial charge in [-0.2, -0.15) is 4.31 Å². The Bertz CT molecular complexity index is 1060. The van der Waals surface area contributed by atoms with Crippen molar-refractivity contribution >= 4 is 38.9 Å². The fraction of sp³-hybridized carbons (Fsp3) is 0.429. The third kappa shape index (κ3) is 4.60. The van der Waals surface area contributed by atoms with Gasteiger partial charge in [-0.05, 0) is 48.9 Å². The van der Waals surface area contributed by atoms with Crippen LogP contribution in [0.5, 0.6) is 5.75 Å². The maximum absolute atomic E-state index is 13.1. The van der Waals surface area contributed by atoms with Crippen LogP contribution in [0.25, 0.3) is 0 Å². The number of hydrogen-bond acceptors (Lipinski definition) is 6. The number of sulfonamides is 1. The lowest BCUT2D eigenvalue weighted by molar-refractivity contribution is -0.126. The van der Waals surface area contributed by atoms with Crippen molar-refractivity contribution in [2.75, 3.05) is 18.4 Å². The summed E-state index contributed by atoms with van der Waals surface area (Å²) in [5.74, 6) is -0.0522. The maximum Gasteiger partial charge on any atom is 0.265 e. The van der Waals surface area contributed by atoms with E-state index < -0.39 is 16.1 Å². The zero-order valence-electron chi connectivity index (χ0n) is 17.2. The molecule has 0 bridgehead atoms. The van der Waals surface area contributed by atoms with Crippen molar-refractivity contribution in [1.82, 2.24) is 9.62 Å². The zero-order chi connectivity index (χ0) is 22.0. The number of anilines is 1. The number of carbonyl (C=O) groups excluding carboxylic acids is 2. The van der Waals surface area contributed by atoms with Gasteiger partial charge < -0.3 is 15.4 Å². The Morgan fingerprint density at radius 3 is 2.74 bits per heavy atom. The molecule has 2 amide bonds. The van der Waals surface area contributed by atoms with Crippen LogP contribution in [-0.2, 0) is 26.2 Å². The molecule has 3 heterocycles. The summed E-state index contributed by atoms with van der Waals surface area (Å²) in [4.78, 5) is 25.7. The van der Waals surface area contributed by atoms with Gasteiger partial charge in [0.05, 0.1) is 17.1 Å². The molecule has 1 atom stereocenters. The number of hydrogen-bond donors (Lipinski definition) is 2. The van der Waals surface area contributed by atoms with Gasteiger partial charge in [0.15, 0.2) is 6.10 Å². The number of ether oxygens (including phenoxy) is 1. The molecule has 2 aromatic rings. The standard InChI is InChI=1S/C21H25N3O5S2/c1-2-18-21(26)23-17-12-16(5-6-19(17)29-18)31(27,28)24-9-7-14(8-10-24)20(25)22-13-15-4-3-11-30-15/h3-6,11-12,14,18H,2,7-10,13H2,1H3,(H,22,25)(H,23,26)/t18-/m0/s1. The van der Waals surface area contributed by atoms with Gasteiger partial charge in [-0.15, -0.1) is 11.3 Å². The van der Waals surface area contributed by atoms with E-state index in [2.05, 4.69) is 10.6 Å². The molecule has 1 aromatic heterocycles. The van der Waals surface area contributed by atoms with Crippen molar-refractivity contribution in [2.45, 2.75) is 43.7 Å². The molecule has 1 saturated heterocycles. The number of thiophene rings is 1. The third-order valence-electron chi connectivity index (χ3n) is 5.62. The SMILES string of the molecule is CC[C@@H]1Oc2ccc(S(=O)(=O)N3CCC(C(=O)NCc4cccs4)CC3)cc2NC1=O. The lowest BCUT2D eigenvalue weighted by Gasteiger charge is -2.31. The minimum absolute atomic E-state index is 0.0374. The number of carbonyl (C=O) groups is 2. The first-order valence-corrected chi connectivity index (χ1v) is 12.6. The van der Waals surface area contributed by atoms with Crippen LogP contribution in [0.1, 0.15) is 31.1 Å². The first-order valence-electron chi connectivity index (χ1n) is 10.3. The van der Waals surface area contributed by atoms with Crippen LogP contribution in [0.15, 0.2) is 40.6 Å². The molecular formula is C21H25N3O5S2. The summed E-state index contributed by atoms with van der Waals surface area (Å²) < 4.78 is 33.2. The molecule has 2 aliphatic heterocycles. The van der Waals surface area contributed by atoms with Crippen LogP contribution < -0.4 is 15.4 Å². The van der Waals surface area contributed by atoms with Crippen molar-refractivity contribution in [1.29, 1.82) is 0 Å². The molecule has 0 radical (unpaired) electrons. The number of amides is 2. The molecule has 8 nitrogen and oxygen atoms in total. The van der Waals surface area contributed by atoms with E-state index in [-0.39, 0.29) is 35.7 Å². The zero-order valence-corrected chi connectivity index (χ0v) is 18.8. The summed E-state index contributed by atoms with van der Waals surface area (Å²) in [7, 11) is -3.73. The highest BCUT2D eigenvalue weighted by molar-refractivity contribution is 7.89. The molecule has 4 rings (SSSR count). The highest BCUT2D eigenvalue weighted by Crippen LogP contribution is 2.34. The van der Waals surface area contributed by atoms with Gasteiger partial charge in [0, 0.05) is 23.9 Å². The second kappa shape index (κ2) is 8.97. The fourth-order valence-electron chi connectivity index (χ4n) is 3.80. The molecule has 2 aliphatic rings. The average Bonchev–Trinajstić information content (AvgIpc) is 3.30. The van der Waals surface area contributed by atoms with E-state index >= 15 is 0 Å². The first kappa shape index (κ1) is 21.8. The van der Waals surface area contributed by atoms with Gasteiger partial charge in [-0.25, -0.2) is 8.42 Å². The summed E-state index contributed by atoms with van der Waals surface area (Å²) in [6.07, 6.45) is 0.901. The number of nitrogens with zero attached hydrogens (tertiary/aromatic N) is 1. The maximum atomic E-state index is 13.1. The number of benzene rings is 1. The van der Waals surface area contributed by atoms with Gasteiger partial charge in [0.25, 0.3) is 5.91 Å². The fourth-order valence-corrected chi connectivity index (χ4v) is 5.94. The van der Waals surface area contributed by atoms with Crippen LogP contribution in [0.4, 0.5) is 5.69 Å². The Morgan fingerprint density at radius 1 is 1.29 bits per heavy atom. The Morgan fingerprint density at radius 2 is 2.06 bits per heavy atom. The van der Waals surface area contributed by atoms with Crippen molar-refractivity contribution in [3.8, 4) is 5.75 Å². The van der Waals surface area contributed by atoms with Crippen LogP contribution in [0.3, 0.4) is 0 Å². The number of fused-ring (bicyclic) bond motifs is 1. The Hall–Kier alpha value is -2.43. The van der Waals surface area contributed by atoms with Crippen molar-refractivity contribution in [3.63, 3.8) is 0 Å². The van der Waals surface area contributed by atoms with E-state index in [9.17, 15) is 18.0 Å². The second-order valence-corrected chi connectivity index (χ2v) is 10.6. The molecule has 0 aliphatic carbocycles. The first-order chi connectivity index (χ1) is 14.9. The normalized spacial score (nSPS) is 19.9. The summed E-state index contributed by atoms with van der Waals surface area (Å²) in [6, 6.07) is 8.42.